The van der Waals surface area contributed by atoms with Gasteiger partial charge in [-0.2, -0.15) is 5.10 Å². The van der Waals surface area contributed by atoms with Crippen molar-refractivity contribution in [2.45, 2.75) is 38.8 Å². The predicted octanol–water partition coefficient (Wildman–Crippen LogP) is 2.08. The Bertz CT molecular complexity index is 834. The fraction of sp³-hybridized carbons (Fsp3) is 0.400. The quantitative estimate of drug-likeness (QED) is 0.770. The lowest BCUT2D eigenvalue weighted by Gasteiger charge is -2.34. The summed E-state index contributed by atoms with van der Waals surface area (Å²) in [6.45, 7) is 2.57. The maximum Gasteiger partial charge on any atom is 0.328 e. The number of carbonyl (C=O) groups excluding carboxylic acids is 3. The van der Waals surface area contributed by atoms with Crippen molar-refractivity contribution in [3.05, 3.63) is 48.3 Å². The van der Waals surface area contributed by atoms with E-state index in [1.807, 2.05) is 6.07 Å². The second-order valence-electron chi connectivity index (χ2n) is 6.60. The van der Waals surface area contributed by atoms with Crippen molar-refractivity contribution < 1.29 is 19.1 Å². The molecular weight excluding hydrogens is 360 g/mol. The van der Waals surface area contributed by atoms with E-state index in [1.54, 1.807) is 42.3 Å². The maximum atomic E-state index is 12.7. The zero-order valence-electron chi connectivity index (χ0n) is 15.8. The molecular formula is C20H24N4O4. The molecule has 0 aliphatic carbocycles. The van der Waals surface area contributed by atoms with Gasteiger partial charge in [-0.05, 0) is 38.3 Å². The zero-order chi connectivity index (χ0) is 19.9. The van der Waals surface area contributed by atoms with Gasteiger partial charge in [0.15, 0.2) is 0 Å². The number of amides is 2. The number of likely N-dealkylation sites (tertiary alicyclic amines) is 1. The first kappa shape index (κ1) is 19.6. The van der Waals surface area contributed by atoms with E-state index in [9.17, 15) is 14.4 Å². The van der Waals surface area contributed by atoms with Gasteiger partial charge in [0.1, 0.15) is 12.6 Å². The van der Waals surface area contributed by atoms with E-state index < -0.39 is 6.04 Å². The number of anilines is 1. The normalized spacial score (nSPS) is 16.5. The molecule has 1 N–H and O–H groups in total. The number of esters is 1. The number of carbonyl (C=O) groups is 3. The molecule has 1 aromatic carbocycles. The molecule has 1 saturated heterocycles. The molecule has 0 spiro atoms. The molecule has 1 aromatic heterocycles. The Morgan fingerprint density at radius 1 is 1.21 bits per heavy atom. The molecule has 0 radical (unpaired) electrons. The van der Waals surface area contributed by atoms with Crippen LogP contribution >= 0.6 is 0 Å². The van der Waals surface area contributed by atoms with Crippen LogP contribution in [0.15, 0.2) is 42.7 Å². The van der Waals surface area contributed by atoms with E-state index >= 15 is 0 Å². The number of aromatic nitrogens is 2. The van der Waals surface area contributed by atoms with Gasteiger partial charge in [-0.3, -0.25) is 14.3 Å². The van der Waals surface area contributed by atoms with E-state index in [2.05, 4.69) is 10.4 Å². The van der Waals surface area contributed by atoms with Gasteiger partial charge in [0, 0.05) is 18.3 Å². The fourth-order valence-corrected chi connectivity index (χ4v) is 3.25. The van der Waals surface area contributed by atoms with E-state index in [-0.39, 0.29) is 24.3 Å². The van der Waals surface area contributed by atoms with Gasteiger partial charge in [-0.1, -0.05) is 18.2 Å². The average Bonchev–Trinajstić information content (AvgIpc) is 3.15. The maximum absolute atomic E-state index is 12.7. The highest BCUT2D eigenvalue weighted by Crippen LogP contribution is 2.19. The lowest BCUT2D eigenvalue weighted by atomic mass is 10.0. The Balaban J connectivity index is 1.61. The van der Waals surface area contributed by atoms with Crippen LogP contribution in [0.5, 0.6) is 0 Å². The summed E-state index contributed by atoms with van der Waals surface area (Å²) in [5, 5.41) is 6.90. The Kier molecular flexibility index (Phi) is 6.41. The summed E-state index contributed by atoms with van der Waals surface area (Å²) < 4.78 is 6.56. The third-order valence-electron chi connectivity index (χ3n) is 4.61. The first-order valence-electron chi connectivity index (χ1n) is 9.43. The van der Waals surface area contributed by atoms with Gasteiger partial charge in [-0.25, -0.2) is 4.79 Å². The SMILES string of the molecule is CCOC(=O)[C@H]1CCCCN1C(=O)Cn1cc(NC(=O)c2ccccc2)cn1. The molecule has 0 saturated carbocycles. The van der Waals surface area contributed by atoms with Crippen LogP contribution in [0.4, 0.5) is 5.69 Å². The summed E-state index contributed by atoms with van der Waals surface area (Å²) in [4.78, 5) is 38.6. The Labute approximate surface area is 163 Å². The van der Waals surface area contributed by atoms with Crippen LogP contribution in [-0.4, -0.2) is 51.7 Å². The molecule has 8 nitrogen and oxygen atoms in total. The fourth-order valence-electron chi connectivity index (χ4n) is 3.25. The van der Waals surface area contributed by atoms with Crippen molar-refractivity contribution in [2.24, 2.45) is 0 Å². The van der Waals surface area contributed by atoms with E-state index in [1.165, 1.54) is 10.9 Å². The largest absolute Gasteiger partial charge is 0.464 e. The molecule has 2 amide bonds. The van der Waals surface area contributed by atoms with Gasteiger partial charge < -0.3 is 15.0 Å². The topological polar surface area (TPSA) is 93.5 Å². The van der Waals surface area contributed by atoms with Gasteiger partial charge in [-0.15, -0.1) is 0 Å². The molecule has 1 atom stereocenters. The third kappa shape index (κ3) is 4.76. The molecule has 3 rings (SSSR count). The summed E-state index contributed by atoms with van der Waals surface area (Å²) >= 11 is 0. The first-order chi connectivity index (χ1) is 13.6. The predicted molar refractivity (Wildman–Crippen MR) is 103 cm³/mol. The molecule has 1 aliphatic heterocycles. The van der Waals surface area contributed by atoms with Gasteiger partial charge in [0.25, 0.3) is 5.91 Å². The Morgan fingerprint density at radius 2 is 2.00 bits per heavy atom. The highest BCUT2D eigenvalue weighted by Gasteiger charge is 2.33. The summed E-state index contributed by atoms with van der Waals surface area (Å²) in [6, 6.07) is 8.31. The van der Waals surface area contributed by atoms with Crippen LogP contribution in [0, 0.1) is 0 Å². The van der Waals surface area contributed by atoms with Crippen molar-refractivity contribution in [2.75, 3.05) is 18.5 Å². The second kappa shape index (κ2) is 9.16. The summed E-state index contributed by atoms with van der Waals surface area (Å²) in [6.07, 6.45) is 5.46. The third-order valence-corrected chi connectivity index (χ3v) is 4.61. The molecule has 148 valence electrons. The van der Waals surface area contributed by atoms with Crippen molar-refractivity contribution in [3.63, 3.8) is 0 Å². The molecule has 1 fully saturated rings. The number of ether oxygens (including phenoxy) is 1. The van der Waals surface area contributed by atoms with Crippen molar-refractivity contribution in [1.29, 1.82) is 0 Å². The standard InChI is InChI=1S/C20H24N4O4/c1-2-28-20(27)17-10-6-7-11-24(17)18(25)14-23-13-16(12-21-23)22-19(26)15-8-4-3-5-9-15/h3-5,8-9,12-13,17H,2,6-7,10-11,14H2,1H3,(H,22,26)/t17-/m1/s1. The van der Waals surface area contributed by atoms with Crippen molar-refractivity contribution in [1.82, 2.24) is 14.7 Å². The molecule has 2 aromatic rings. The molecule has 2 heterocycles. The molecule has 28 heavy (non-hydrogen) atoms. The number of nitrogens with one attached hydrogen (secondary N) is 1. The molecule has 0 bridgehead atoms. The summed E-state index contributed by atoms with van der Waals surface area (Å²) in [5.74, 6) is -0.793. The number of piperidine rings is 1. The number of nitrogens with zero attached hydrogens (tertiary/aromatic N) is 3. The van der Waals surface area contributed by atoms with E-state index in [4.69, 9.17) is 4.74 Å². The number of hydrogen-bond donors (Lipinski definition) is 1. The highest BCUT2D eigenvalue weighted by atomic mass is 16.5. The van der Waals surface area contributed by atoms with Crippen LogP contribution < -0.4 is 5.32 Å². The molecule has 0 unspecified atom stereocenters. The van der Waals surface area contributed by atoms with Crippen molar-refractivity contribution in [3.8, 4) is 0 Å². The van der Waals surface area contributed by atoms with Gasteiger partial charge in [0.05, 0.1) is 18.5 Å². The smallest absolute Gasteiger partial charge is 0.328 e. The highest BCUT2D eigenvalue weighted by molar-refractivity contribution is 6.04. The number of benzene rings is 1. The lowest BCUT2D eigenvalue weighted by Crippen LogP contribution is -2.49. The minimum atomic E-state index is -0.533. The number of hydrogen-bond acceptors (Lipinski definition) is 5. The number of rotatable bonds is 6. The minimum Gasteiger partial charge on any atom is -0.464 e. The van der Waals surface area contributed by atoms with Crippen LogP contribution in [-0.2, 0) is 20.9 Å². The summed E-state index contributed by atoms with van der Waals surface area (Å²) in [5.41, 5.74) is 1.04. The molecule has 8 heteroatoms. The first-order valence-corrected chi connectivity index (χ1v) is 9.43. The van der Waals surface area contributed by atoms with Crippen LogP contribution in [0.2, 0.25) is 0 Å². The molecule has 1 aliphatic rings. The van der Waals surface area contributed by atoms with Gasteiger partial charge >= 0.3 is 5.97 Å². The minimum absolute atomic E-state index is 0.00286. The second-order valence-corrected chi connectivity index (χ2v) is 6.60. The van der Waals surface area contributed by atoms with E-state index in [0.717, 1.165) is 12.8 Å². The van der Waals surface area contributed by atoms with E-state index in [0.29, 0.717) is 30.8 Å². The zero-order valence-corrected chi connectivity index (χ0v) is 15.8. The Hall–Kier alpha value is -3.16. The van der Waals surface area contributed by atoms with Crippen molar-refractivity contribution >= 4 is 23.5 Å². The summed E-state index contributed by atoms with van der Waals surface area (Å²) in [7, 11) is 0. The monoisotopic (exact) mass is 384 g/mol. The van der Waals surface area contributed by atoms with Crippen LogP contribution in [0.3, 0.4) is 0 Å². The lowest BCUT2D eigenvalue weighted by molar-refractivity contribution is -0.156. The Morgan fingerprint density at radius 3 is 2.75 bits per heavy atom. The van der Waals surface area contributed by atoms with Crippen LogP contribution in [0.25, 0.3) is 0 Å². The van der Waals surface area contributed by atoms with Gasteiger partial charge in [0.2, 0.25) is 5.91 Å². The van der Waals surface area contributed by atoms with Crippen LogP contribution in [0.1, 0.15) is 36.5 Å². The average molecular weight is 384 g/mol.